The van der Waals surface area contributed by atoms with Crippen LogP contribution in [0.2, 0.25) is 0 Å². The van der Waals surface area contributed by atoms with E-state index in [1.54, 1.807) is 0 Å². The van der Waals surface area contributed by atoms with Crippen LogP contribution in [0.25, 0.3) is 16.8 Å². The highest BCUT2D eigenvalue weighted by Crippen LogP contribution is 2.30. The van der Waals surface area contributed by atoms with Gasteiger partial charge in [0.1, 0.15) is 5.69 Å². The SMILES string of the molecule is C=C(c1ccccc1)c1nnn(Cc2ccccc2)c1-c1ccccc1. The standard InChI is InChI=1S/C23H19N3/c1-18(20-13-7-3-8-14-20)22-23(21-15-9-4-10-16-21)26(25-24-22)17-19-11-5-2-6-12-19/h2-16H,1,17H2. The molecule has 4 rings (SSSR count). The van der Waals surface area contributed by atoms with Crippen LogP contribution in [-0.2, 0) is 6.54 Å². The molecule has 0 aliphatic carbocycles. The van der Waals surface area contributed by atoms with Crippen LogP contribution in [0.4, 0.5) is 0 Å². The molecule has 1 heterocycles. The summed E-state index contributed by atoms with van der Waals surface area (Å²) in [4.78, 5) is 0. The number of rotatable bonds is 5. The molecule has 0 saturated carbocycles. The molecule has 0 atom stereocenters. The maximum Gasteiger partial charge on any atom is 0.121 e. The summed E-state index contributed by atoms with van der Waals surface area (Å²) in [6.07, 6.45) is 0. The largest absolute Gasteiger partial charge is 0.240 e. The first-order chi connectivity index (χ1) is 12.8. The normalized spacial score (nSPS) is 10.6. The second-order valence-corrected chi connectivity index (χ2v) is 6.14. The van der Waals surface area contributed by atoms with Crippen LogP contribution in [0.3, 0.4) is 0 Å². The van der Waals surface area contributed by atoms with E-state index in [1.807, 2.05) is 71.4 Å². The van der Waals surface area contributed by atoms with Crippen molar-refractivity contribution in [2.45, 2.75) is 6.54 Å². The smallest absolute Gasteiger partial charge is 0.121 e. The van der Waals surface area contributed by atoms with Gasteiger partial charge in [-0.3, -0.25) is 0 Å². The Morgan fingerprint density at radius 1 is 0.769 bits per heavy atom. The fourth-order valence-electron chi connectivity index (χ4n) is 3.04. The molecule has 0 saturated heterocycles. The Labute approximate surface area is 153 Å². The predicted molar refractivity (Wildman–Crippen MR) is 106 cm³/mol. The van der Waals surface area contributed by atoms with E-state index in [-0.39, 0.29) is 0 Å². The third-order valence-corrected chi connectivity index (χ3v) is 4.37. The van der Waals surface area contributed by atoms with Crippen LogP contribution in [0.1, 0.15) is 16.8 Å². The van der Waals surface area contributed by atoms with Gasteiger partial charge in [-0.1, -0.05) is 103 Å². The number of benzene rings is 3. The molecule has 1 aromatic heterocycles. The molecular weight excluding hydrogens is 318 g/mol. The van der Waals surface area contributed by atoms with Crippen molar-refractivity contribution in [2.75, 3.05) is 0 Å². The van der Waals surface area contributed by atoms with E-state index in [4.69, 9.17) is 0 Å². The van der Waals surface area contributed by atoms with Gasteiger partial charge in [0, 0.05) is 11.1 Å². The van der Waals surface area contributed by atoms with Gasteiger partial charge in [-0.2, -0.15) is 0 Å². The van der Waals surface area contributed by atoms with Gasteiger partial charge >= 0.3 is 0 Å². The molecule has 0 radical (unpaired) electrons. The maximum absolute atomic E-state index is 4.48. The monoisotopic (exact) mass is 337 g/mol. The second-order valence-electron chi connectivity index (χ2n) is 6.14. The molecule has 126 valence electrons. The van der Waals surface area contributed by atoms with E-state index in [0.29, 0.717) is 6.54 Å². The summed E-state index contributed by atoms with van der Waals surface area (Å²) in [7, 11) is 0. The Morgan fingerprint density at radius 3 is 2.00 bits per heavy atom. The number of hydrogen-bond acceptors (Lipinski definition) is 2. The lowest BCUT2D eigenvalue weighted by molar-refractivity contribution is 0.655. The lowest BCUT2D eigenvalue weighted by Crippen LogP contribution is -2.04. The Bertz CT molecular complexity index is 1000. The highest BCUT2D eigenvalue weighted by atomic mass is 15.4. The van der Waals surface area contributed by atoms with Crippen molar-refractivity contribution in [1.29, 1.82) is 0 Å². The van der Waals surface area contributed by atoms with Crippen molar-refractivity contribution in [3.8, 4) is 11.3 Å². The van der Waals surface area contributed by atoms with Gasteiger partial charge in [0.15, 0.2) is 0 Å². The van der Waals surface area contributed by atoms with Gasteiger partial charge in [-0.05, 0) is 11.1 Å². The molecule has 0 N–H and O–H groups in total. The first-order valence-corrected chi connectivity index (χ1v) is 8.60. The second kappa shape index (κ2) is 7.19. The molecule has 4 aromatic rings. The average Bonchev–Trinajstić information content (AvgIpc) is 3.13. The summed E-state index contributed by atoms with van der Waals surface area (Å²) in [5, 5.41) is 8.92. The molecule has 3 nitrogen and oxygen atoms in total. The predicted octanol–water partition coefficient (Wildman–Crippen LogP) is 5.05. The zero-order valence-electron chi connectivity index (χ0n) is 14.4. The number of hydrogen-bond donors (Lipinski definition) is 0. The first kappa shape index (κ1) is 16.0. The van der Waals surface area contributed by atoms with Crippen LogP contribution in [0.5, 0.6) is 0 Å². The topological polar surface area (TPSA) is 30.7 Å². The zero-order chi connectivity index (χ0) is 17.8. The van der Waals surface area contributed by atoms with Crippen LogP contribution in [0, 0.1) is 0 Å². The molecule has 0 aliphatic heterocycles. The van der Waals surface area contributed by atoms with E-state index < -0.39 is 0 Å². The molecule has 0 bridgehead atoms. The van der Waals surface area contributed by atoms with Crippen molar-refractivity contribution in [3.05, 3.63) is 114 Å². The molecule has 3 heteroatoms. The highest BCUT2D eigenvalue weighted by Gasteiger charge is 2.18. The lowest BCUT2D eigenvalue weighted by Gasteiger charge is -2.10. The van der Waals surface area contributed by atoms with Gasteiger partial charge in [0.2, 0.25) is 0 Å². The van der Waals surface area contributed by atoms with Crippen LogP contribution in [0.15, 0.2) is 97.6 Å². The van der Waals surface area contributed by atoms with E-state index in [2.05, 4.69) is 41.2 Å². The first-order valence-electron chi connectivity index (χ1n) is 8.60. The minimum absolute atomic E-state index is 0.667. The van der Waals surface area contributed by atoms with Gasteiger partial charge in [-0.15, -0.1) is 5.10 Å². The Kier molecular flexibility index (Phi) is 4.44. The van der Waals surface area contributed by atoms with Crippen molar-refractivity contribution in [1.82, 2.24) is 15.0 Å². The maximum atomic E-state index is 4.48. The molecule has 26 heavy (non-hydrogen) atoms. The zero-order valence-corrected chi connectivity index (χ0v) is 14.4. The van der Waals surface area contributed by atoms with E-state index in [9.17, 15) is 0 Å². The minimum atomic E-state index is 0.667. The third kappa shape index (κ3) is 3.20. The summed E-state index contributed by atoms with van der Waals surface area (Å²) in [6.45, 7) is 4.95. The fourth-order valence-corrected chi connectivity index (χ4v) is 3.04. The summed E-state index contributed by atoms with van der Waals surface area (Å²) in [5.41, 5.74) is 6.01. The molecular formula is C23H19N3. The molecule has 0 spiro atoms. The highest BCUT2D eigenvalue weighted by molar-refractivity contribution is 5.84. The summed E-state index contributed by atoms with van der Waals surface area (Å²) in [5.74, 6) is 0. The third-order valence-electron chi connectivity index (χ3n) is 4.37. The summed E-state index contributed by atoms with van der Waals surface area (Å²) < 4.78 is 1.95. The van der Waals surface area contributed by atoms with E-state index in [1.165, 1.54) is 5.56 Å². The van der Waals surface area contributed by atoms with Crippen LogP contribution in [-0.4, -0.2) is 15.0 Å². The van der Waals surface area contributed by atoms with E-state index >= 15 is 0 Å². The Hall–Kier alpha value is -3.46. The molecule has 0 aliphatic rings. The molecule has 3 aromatic carbocycles. The van der Waals surface area contributed by atoms with E-state index in [0.717, 1.165) is 28.1 Å². The Balaban J connectivity index is 1.81. The van der Waals surface area contributed by atoms with Crippen molar-refractivity contribution < 1.29 is 0 Å². The summed E-state index contributed by atoms with van der Waals surface area (Å²) in [6, 6.07) is 30.7. The van der Waals surface area contributed by atoms with Crippen molar-refractivity contribution in [2.24, 2.45) is 0 Å². The quantitative estimate of drug-likeness (QED) is 0.510. The van der Waals surface area contributed by atoms with Gasteiger partial charge in [0.25, 0.3) is 0 Å². The fraction of sp³-hybridized carbons (Fsp3) is 0.0435. The van der Waals surface area contributed by atoms with Gasteiger partial charge in [-0.25, -0.2) is 4.68 Å². The Morgan fingerprint density at radius 2 is 1.35 bits per heavy atom. The van der Waals surface area contributed by atoms with Gasteiger partial charge < -0.3 is 0 Å². The van der Waals surface area contributed by atoms with Crippen LogP contribution < -0.4 is 0 Å². The lowest BCUT2D eigenvalue weighted by atomic mass is 10.00. The van der Waals surface area contributed by atoms with Crippen molar-refractivity contribution >= 4 is 5.57 Å². The summed E-state index contributed by atoms with van der Waals surface area (Å²) >= 11 is 0. The van der Waals surface area contributed by atoms with Gasteiger partial charge in [0.05, 0.1) is 12.2 Å². The minimum Gasteiger partial charge on any atom is -0.240 e. The number of nitrogens with zero attached hydrogens (tertiary/aromatic N) is 3. The molecule has 0 fully saturated rings. The number of aromatic nitrogens is 3. The van der Waals surface area contributed by atoms with Crippen molar-refractivity contribution in [3.63, 3.8) is 0 Å². The van der Waals surface area contributed by atoms with Crippen LogP contribution >= 0.6 is 0 Å². The molecule has 0 unspecified atom stereocenters. The molecule has 0 amide bonds. The average molecular weight is 337 g/mol.